The molecule has 2 aromatic rings. The predicted octanol–water partition coefficient (Wildman–Crippen LogP) is 3.37. The lowest BCUT2D eigenvalue weighted by Crippen LogP contribution is -2.13. The van der Waals surface area contributed by atoms with E-state index in [9.17, 15) is 0 Å². The van der Waals surface area contributed by atoms with E-state index in [1.165, 1.54) is 0 Å². The van der Waals surface area contributed by atoms with Crippen LogP contribution in [-0.2, 0) is 13.2 Å². The second-order valence-corrected chi connectivity index (χ2v) is 5.08. The SMILES string of the molecule is CCNCc1cc(Cl)cc(Cl)c1OCc1nonc1C. The van der Waals surface area contributed by atoms with E-state index in [0.29, 0.717) is 33.7 Å². The Morgan fingerprint density at radius 2 is 2.10 bits per heavy atom. The maximum Gasteiger partial charge on any atom is 0.145 e. The van der Waals surface area contributed by atoms with Gasteiger partial charge in [0.05, 0.1) is 5.02 Å². The van der Waals surface area contributed by atoms with Gasteiger partial charge in [0.25, 0.3) is 0 Å². The number of ether oxygens (including phenoxy) is 1. The van der Waals surface area contributed by atoms with E-state index in [2.05, 4.69) is 20.3 Å². The first-order valence-electron chi connectivity index (χ1n) is 6.21. The Balaban J connectivity index is 2.18. The summed E-state index contributed by atoms with van der Waals surface area (Å²) < 4.78 is 10.4. The maximum absolute atomic E-state index is 6.20. The van der Waals surface area contributed by atoms with Gasteiger partial charge >= 0.3 is 0 Å². The van der Waals surface area contributed by atoms with E-state index >= 15 is 0 Å². The minimum atomic E-state index is 0.246. The molecule has 0 atom stereocenters. The van der Waals surface area contributed by atoms with Crippen LogP contribution in [0, 0.1) is 6.92 Å². The molecule has 0 amide bonds. The van der Waals surface area contributed by atoms with Crippen molar-refractivity contribution >= 4 is 23.2 Å². The topological polar surface area (TPSA) is 60.2 Å². The monoisotopic (exact) mass is 315 g/mol. The van der Waals surface area contributed by atoms with Crippen LogP contribution in [0.25, 0.3) is 0 Å². The Kier molecular flexibility index (Phi) is 5.23. The third kappa shape index (κ3) is 3.62. The van der Waals surface area contributed by atoms with Gasteiger partial charge in [-0.05, 0) is 25.6 Å². The van der Waals surface area contributed by atoms with Crippen LogP contribution in [0.15, 0.2) is 16.8 Å². The molecule has 0 aliphatic rings. The quantitative estimate of drug-likeness (QED) is 0.885. The third-order valence-electron chi connectivity index (χ3n) is 2.75. The van der Waals surface area contributed by atoms with E-state index in [-0.39, 0.29) is 6.61 Å². The second-order valence-electron chi connectivity index (χ2n) is 4.24. The molecule has 0 saturated carbocycles. The molecule has 1 aromatic carbocycles. The molecule has 5 nitrogen and oxygen atoms in total. The first kappa shape index (κ1) is 15.1. The average molecular weight is 316 g/mol. The van der Waals surface area contributed by atoms with Crippen molar-refractivity contribution in [2.24, 2.45) is 0 Å². The van der Waals surface area contributed by atoms with Crippen LogP contribution < -0.4 is 10.1 Å². The molecule has 7 heteroatoms. The van der Waals surface area contributed by atoms with Gasteiger partial charge in [-0.2, -0.15) is 0 Å². The smallest absolute Gasteiger partial charge is 0.145 e. The molecule has 0 spiro atoms. The summed E-state index contributed by atoms with van der Waals surface area (Å²) in [5, 5.41) is 11.7. The average Bonchev–Trinajstić information content (AvgIpc) is 2.80. The highest BCUT2D eigenvalue weighted by Crippen LogP contribution is 2.33. The van der Waals surface area contributed by atoms with E-state index < -0.39 is 0 Å². The zero-order chi connectivity index (χ0) is 14.5. The molecule has 108 valence electrons. The third-order valence-corrected chi connectivity index (χ3v) is 3.25. The minimum Gasteiger partial charge on any atom is -0.485 e. The Labute approximate surface area is 127 Å². The number of aromatic nitrogens is 2. The predicted molar refractivity (Wildman–Crippen MR) is 77.2 cm³/mol. The molecule has 0 bridgehead atoms. The summed E-state index contributed by atoms with van der Waals surface area (Å²) in [6.07, 6.45) is 0. The number of nitrogens with one attached hydrogen (secondary N) is 1. The van der Waals surface area contributed by atoms with Crippen molar-refractivity contribution in [3.05, 3.63) is 39.1 Å². The fraction of sp³-hybridized carbons (Fsp3) is 0.385. The lowest BCUT2D eigenvalue weighted by Gasteiger charge is -2.13. The zero-order valence-electron chi connectivity index (χ0n) is 11.2. The zero-order valence-corrected chi connectivity index (χ0v) is 12.8. The van der Waals surface area contributed by atoms with Crippen molar-refractivity contribution in [3.8, 4) is 5.75 Å². The maximum atomic E-state index is 6.20. The van der Waals surface area contributed by atoms with Gasteiger partial charge in [0.2, 0.25) is 0 Å². The summed E-state index contributed by atoms with van der Waals surface area (Å²) in [6, 6.07) is 3.49. The molecule has 0 aliphatic heterocycles. The molecular formula is C13H15Cl2N3O2. The number of nitrogens with zero attached hydrogens (tertiary/aromatic N) is 2. The van der Waals surface area contributed by atoms with Crippen LogP contribution >= 0.6 is 23.2 Å². The van der Waals surface area contributed by atoms with Gasteiger partial charge < -0.3 is 10.1 Å². The van der Waals surface area contributed by atoms with Crippen molar-refractivity contribution in [1.29, 1.82) is 0 Å². The van der Waals surface area contributed by atoms with Crippen LogP contribution in [0.4, 0.5) is 0 Å². The normalized spacial score (nSPS) is 10.8. The van der Waals surface area contributed by atoms with Crippen LogP contribution in [0.2, 0.25) is 10.0 Å². The molecule has 0 unspecified atom stereocenters. The fourth-order valence-corrected chi connectivity index (χ4v) is 2.28. The molecule has 1 aromatic heterocycles. The number of rotatable bonds is 6. The second kappa shape index (κ2) is 6.92. The molecular weight excluding hydrogens is 301 g/mol. The summed E-state index contributed by atoms with van der Waals surface area (Å²) in [6.45, 7) is 5.54. The molecule has 1 N–H and O–H groups in total. The molecule has 0 saturated heterocycles. The van der Waals surface area contributed by atoms with Crippen molar-refractivity contribution < 1.29 is 9.37 Å². The summed E-state index contributed by atoms with van der Waals surface area (Å²) >= 11 is 12.2. The first-order chi connectivity index (χ1) is 9.61. The van der Waals surface area contributed by atoms with Gasteiger partial charge in [0.1, 0.15) is 23.7 Å². The Hall–Kier alpha value is -1.30. The first-order valence-corrected chi connectivity index (χ1v) is 6.97. The van der Waals surface area contributed by atoms with Gasteiger partial charge in [-0.25, -0.2) is 4.63 Å². The van der Waals surface area contributed by atoms with Crippen LogP contribution in [0.3, 0.4) is 0 Å². The highest BCUT2D eigenvalue weighted by molar-refractivity contribution is 6.35. The molecule has 1 heterocycles. The minimum absolute atomic E-state index is 0.246. The van der Waals surface area contributed by atoms with E-state index in [1.54, 1.807) is 13.0 Å². The number of halogens is 2. The summed E-state index contributed by atoms with van der Waals surface area (Å²) in [4.78, 5) is 0. The van der Waals surface area contributed by atoms with E-state index in [1.807, 2.05) is 13.0 Å². The number of benzene rings is 1. The molecule has 0 radical (unpaired) electrons. The van der Waals surface area contributed by atoms with Crippen molar-refractivity contribution in [1.82, 2.24) is 15.6 Å². The van der Waals surface area contributed by atoms with Crippen molar-refractivity contribution in [2.45, 2.75) is 27.0 Å². The van der Waals surface area contributed by atoms with Crippen LogP contribution in [0.5, 0.6) is 5.75 Å². The summed E-state index contributed by atoms with van der Waals surface area (Å²) in [5.41, 5.74) is 2.24. The van der Waals surface area contributed by atoms with Gasteiger partial charge in [-0.15, -0.1) is 0 Å². The highest BCUT2D eigenvalue weighted by atomic mass is 35.5. The van der Waals surface area contributed by atoms with Gasteiger partial charge in [0, 0.05) is 17.1 Å². The standard InChI is InChI=1S/C13H15Cl2N3O2/c1-3-16-6-9-4-10(14)5-11(15)13(9)19-7-12-8(2)17-20-18-12/h4-5,16H,3,6-7H2,1-2H3. The largest absolute Gasteiger partial charge is 0.485 e. The number of hydrogen-bond acceptors (Lipinski definition) is 5. The summed E-state index contributed by atoms with van der Waals surface area (Å²) in [5.74, 6) is 0.597. The van der Waals surface area contributed by atoms with Gasteiger partial charge in [0.15, 0.2) is 0 Å². The highest BCUT2D eigenvalue weighted by Gasteiger charge is 2.13. The lowest BCUT2D eigenvalue weighted by atomic mass is 10.2. The van der Waals surface area contributed by atoms with Gasteiger partial charge in [-0.1, -0.05) is 40.4 Å². The molecule has 20 heavy (non-hydrogen) atoms. The number of hydrogen-bond donors (Lipinski definition) is 1. The van der Waals surface area contributed by atoms with E-state index in [4.69, 9.17) is 27.9 Å². The lowest BCUT2D eigenvalue weighted by molar-refractivity contribution is 0.268. The molecule has 0 aliphatic carbocycles. The van der Waals surface area contributed by atoms with Crippen LogP contribution in [0.1, 0.15) is 23.9 Å². The Bertz CT molecular complexity index is 587. The number of aryl methyl sites for hydroxylation is 1. The summed E-state index contributed by atoms with van der Waals surface area (Å²) in [7, 11) is 0. The van der Waals surface area contributed by atoms with Crippen LogP contribution in [-0.4, -0.2) is 16.9 Å². The van der Waals surface area contributed by atoms with Crippen molar-refractivity contribution in [2.75, 3.05) is 6.54 Å². The van der Waals surface area contributed by atoms with Crippen molar-refractivity contribution in [3.63, 3.8) is 0 Å². The van der Waals surface area contributed by atoms with E-state index in [0.717, 1.165) is 12.1 Å². The van der Waals surface area contributed by atoms with Gasteiger partial charge in [-0.3, -0.25) is 0 Å². The molecule has 2 rings (SSSR count). The fourth-order valence-electron chi connectivity index (χ4n) is 1.69. The molecule has 0 fully saturated rings. The Morgan fingerprint density at radius 3 is 2.75 bits per heavy atom. The Morgan fingerprint density at radius 1 is 1.30 bits per heavy atom.